The van der Waals surface area contributed by atoms with Crippen molar-refractivity contribution in [3.8, 4) is 0 Å². The second-order valence-corrected chi connectivity index (χ2v) is 6.97. The molecule has 1 heterocycles. The molecule has 0 aliphatic heterocycles. The molecule has 0 saturated carbocycles. The van der Waals surface area contributed by atoms with Crippen LogP contribution in [0.3, 0.4) is 0 Å². The zero-order chi connectivity index (χ0) is 19.4. The van der Waals surface area contributed by atoms with Crippen molar-refractivity contribution in [2.24, 2.45) is 0 Å². The Kier molecular flexibility index (Phi) is 5.66. The van der Waals surface area contributed by atoms with Crippen LogP contribution in [0.15, 0.2) is 48.5 Å². The number of amides is 1. The highest BCUT2D eigenvalue weighted by Crippen LogP contribution is 2.21. The zero-order valence-corrected chi connectivity index (χ0v) is 16.0. The van der Waals surface area contributed by atoms with E-state index >= 15 is 0 Å². The Morgan fingerprint density at radius 2 is 1.78 bits per heavy atom. The summed E-state index contributed by atoms with van der Waals surface area (Å²) in [6.07, 6.45) is 0. The van der Waals surface area contributed by atoms with E-state index in [4.69, 9.17) is 5.73 Å². The van der Waals surface area contributed by atoms with Crippen molar-refractivity contribution < 1.29 is 4.79 Å². The Bertz CT molecular complexity index is 940. The normalized spacial score (nSPS) is 11.1. The average Bonchev–Trinajstić information content (AvgIpc) is 2.65. The van der Waals surface area contributed by atoms with Crippen molar-refractivity contribution in [2.75, 3.05) is 32.9 Å². The minimum absolute atomic E-state index is 0.113. The Hall–Kier alpha value is -2.99. The van der Waals surface area contributed by atoms with E-state index in [1.807, 2.05) is 74.4 Å². The Labute approximate surface area is 159 Å². The Morgan fingerprint density at radius 1 is 1.04 bits per heavy atom. The van der Waals surface area contributed by atoms with Crippen LogP contribution in [-0.2, 0) is 6.54 Å². The lowest BCUT2D eigenvalue weighted by Gasteiger charge is -2.25. The molecule has 3 rings (SSSR count). The van der Waals surface area contributed by atoms with E-state index in [0.29, 0.717) is 24.3 Å². The lowest BCUT2D eigenvalue weighted by molar-refractivity contribution is 0.0728. The number of benzene rings is 2. The van der Waals surface area contributed by atoms with Gasteiger partial charge in [-0.1, -0.05) is 42.0 Å². The summed E-state index contributed by atoms with van der Waals surface area (Å²) in [5, 5.41) is 0.733. The molecule has 0 fully saturated rings. The van der Waals surface area contributed by atoms with Gasteiger partial charge < -0.3 is 15.5 Å². The number of nitrogens with zero attached hydrogens (tertiary/aromatic N) is 4. The van der Waals surface area contributed by atoms with Crippen LogP contribution in [0.1, 0.15) is 21.6 Å². The van der Waals surface area contributed by atoms with E-state index in [1.165, 1.54) is 0 Å². The lowest BCUT2D eigenvalue weighted by atomic mass is 10.1. The molecule has 140 valence electrons. The molecule has 0 atom stereocenters. The summed E-state index contributed by atoms with van der Waals surface area (Å²) in [7, 11) is 3.99. The molecule has 6 nitrogen and oxygen atoms in total. The first-order valence-electron chi connectivity index (χ1n) is 8.96. The number of hydrogen-bond donors (Lipinski definition) is 1. The number of rotatable bonds is 6. The highest BCUT2D eigenvalue weighted by molar-refractivity contribution is 6.04. The molecule has 0 radical (unpaired) electrons. The fraction of sp³-hybridized carbons (Fsp3) is 0.286. The van der Waals surface area contributed by atoms with Crippen molar-refractivity contribution in [1.29, 1.82) is 0 Å². The quantitative estimate of drug-likeness (QED) is 0.729. The molecule has 0 bridgehead atoms. The van der Waals surface area contributed by atoms with E-state index in [2.05, 4.69) is 14.9 Å². The topological polar surface area (TPSA) is 75.3 Å². The van der Waals surface area contributed by atoms with Crippen molar-refractivity contribution in [3.63, 3.8) is 0 Å². The monoisotopic (exact) mass is 363 g/mol. The number of aryl methyl sites for hydroxylation is 1. The summed E-state index contributed by atoms with van der Waals surface area (Å²) in [5.74, 6) is -0.0209. The standard InChI is InChI=1S/C21H25N5O/c1-15-9-10-18-17(13-15)19(24-21(22)23-18)20(27)26(12-11-25(2)3)14-16-7-5-4-6-8-16/h4-10,13H,11-12,14H2,1-3H3,(H2,22,23,24). The van der Waals surface area contributed by atoms with Crippen LogP contribution in [0.5, 0.6) is 0 Å². The molecule has 1 amide bonds. The number of nitrogen functional groups attached to an aromatic ring is 1. The maximum atomic E-state index is 13.4. The van der Waals surface area contributed by atoms with Crippen molar-refractivity contribution in [1.82, 2.24) is 19.8 Å². The van der Waals surface area contributed by atoms with Gasteiger partial charge in [0.05, 0.1) is 5.52 Å². The lowest BCUT2D eigenvalue weighted by Crippen LogP contribution is -2.37. The number of carbonyl (C=O) groups is 1. The highest BCUT2D eigenvalue weighted by atomic mass is 16.2. The van der Waals surface area contributed by atoms with E-state index in [9.17, 15) is 4.79 Å². The molecule has 2 aromatic carbocycles. The molecule has 0 spiro atoms. The largest absolute Gasteiger partial charge is 0.368 e. The van der Waals surface area contributed by atoms with E-state index in [1.54, 1.807) is 0 Å². The van der Waals surface area contributed by atoms with Gasteiger partial charge in [-0.15, -0.1) is 0 Å². The van der Waals surface area contributed by atoms with Crippen LogP contribution >= 0.6 is 0 Å². The van der Waals surface area contributed by atoms with Crippen LogP contribution in [0.25, 0.3) is 10.9 Å². The summed E-state index contributed by atoms with van der Waals surface area (Å²) >= 11 is 0. The summed E-state index contributed by atoms with van der Waals surface area (Å²) in [5.41, 5.74) is 9.04. The van der Waals surface area contributed by atoms with Crippen LogP contribution in [0.4, 0.5) is 5.95 Å². The van der Waals surface area contributed by atoms with Crippen LogP contribution in [0, 0.1) is 6.92 Å². The van der Waals surface area contributed by atoms with Gasteiger partial charge in [-0.05, 0) is 38.7 Å². The second kappa shape index (κ2) is 8.14. The van der Waals surface area contributed by atoms with Gasteiger partial charge in [-0.2, -0.15) is 0 Å². The number of fused-ring (bicyclic) bond motifs is 1. The molecule has 6 heteroatoms. The second-order valence-electron chi connectivity index (χ2n) is 6.97. The minimum atomic E-state index is -0.134. The minimum Gasteiger partial charge on any atom is -0.368 e. The third-order valence-electron chi connectivity index (χ3n) is 4.39. The molecule has 27 heavy (non-hydrogen) atoms. The first-order chi connectivity index (χ1) is 12.9. The van der Waals surface area contributed by atoms with Gasteiger partial charge in [-0.3, -0.25) is 4.79 Å². The maximum Gasteiger partial charge on any atom is 0.273 e. The molecular weight excluding hydrogens is 338 g/mol. The van der Waals surface area contributed by atoms with E-state index in [0.717, 1.165) is 23.1 Å². The first kappa shape index (κ1) is 18.8. The summed E-state index contributed by atoms with van der Waals surface area (Å²) in [4.78, 5) is 25.8. The summed E-state index contributed by atoms with van der Waals surface area (Å²) < 4.78 is 0. The Morgan fingerprint density at radius 3 is 2.48 bits per heavy atom. The van der Waals surface area contributed by atoms with Gasteiger partial charge in [-0.25, -0.2) is 9.97 Å². The highest BCUT2D eigenvalue weighted by Gasteiger charge is 2.21. The molecule has 2 N–H and O–H groups in total. The zero-order valence-electron chi connectivity index (χ0n) is 16.0. The third kappa shape index (κ3) is 4.60. The van der Waals surface area contributed by atoms with Crippen molar-refractivity contribution in [3.05, 3.63) is 65.4 Å². The predicted octanol–water partition coefficient (Wildman–Crippen LogP) is 2.72. The number of carbonyl (C=O) groups excluding carboxylic acids is 1. The molecule has 0 saturated heterocycles. The number of nitrogens with two attached hydrogens (primary N) is 1. The van der Waals surface area contributed by atoms with Crippen LogP contribution in [-0.4, -0.2) is 52.9 Å². The first-order valence-corrected chi connectivity index (χ1v) is 8.96. The molecule has 0 aliphatic carbocycles. The fourth-order valence-corrected chi connectivity index (χ4v) is 2.95. The third-order valence-corrected chi connectivity index (χ3v) is 4.39. The molecule has 0 unspecified atom stereocenters. The Balaban J connectivity index is 2.00. The number of likely N-dealkylation sites (N-methyl/N-ethyl adjacent to an activating group) is 1. The maximum absolute atomic E-state index is 13.4. The predicted molar refractivity (Wildman–Crippen MR) is 108 cm³/mol. The van der Waals surface area contributed by atoms with Gasteiger partial charge in [0, 0.05) is 25.0 Å². The van der Waals surface area contributed by atoms with E-state index < -0.39 is 0 Å². The molecule has 1 aromatic heterocycles. The number of anilines is 1. The van der Waals surface area contributed by atoms with Crippen molar-refractivity contribution in [2.45, 2.75) is 13.5 Å². The van der Waals surface area contributed by atoms with E-state index in [-0.39, 0.29) is 11.9 Å². The molecule has 0 aliphatic rings. The summed E-state index contributed by atoms with van der Waals surface area (Å²) in [6.45, 7) is 3.86. The average molecular weight is 363 g/mol. The number of hydrogen-bond acceptors (Lipinski definition) is 5. The van der Waals surface area contributed by atoms with Gasteiger partial charge in [0.25, 0.3) is 5.91 Å². The van der Waals surface area contributed by atoms with Gasteiger partial charge in [0.1, 0.15) is 5.69 Å². The van der Waals surface area contributed by atoms with Gasteiger partial charge in [0.2, 0.25) is 5.95 Å². The fourth-order valence-electron chi connectivity index (χ4n) is 2.95. The number of aromatic nitrogens is 2. The molecular formula is C21H25N5O. The van der Waals surface area contributed by atoms with Gasteiger partial charge >= 0.3 is 0 Å². The SMILES string of the molecule is Cc1ccc2nc(N)nc(C(=O)N(CCN(C)C)Cc3ccccc3)c2c1. The van der Waals surface area contributed by atoms with Crippen LogP contribution in [0.2, 0.25) is 0 Å². The smallest absolute Gasteiger partial charge is 0.273 e. The van der Waals surface area contributed by atoms with Crippen molar-refractivity contribution >= 4 is 22.8 Å². The van der Waals surface area contributed by atoms with Gasteiger partial charge in [0.15, 0.2) is 0 Å². The summed E-state index contributed by atoms with van der Waals surface area (Å²) in [6, 6.07) is 15.7. The molecule has 3 aromatic rings. The van der Waals surface area contributed by atoms with Crippen LogP contribution < -0.4 is 5.73 Å².